The van der Waals surface area contributed by atoms with Crippen molar-refractivity contribution in [1.29, 1.82) is 0 Å². The average molecular weight is 715 g/mol. The molecule has 2 aromatic carbocycles. The molecule has 50 heavy (non-hydrogen) atoms. The standard InChI is InChI=1S/C35H33Cl2N9O4/c1-2-46-34(49)30(42-35(50)43-31-27(36)18-39-19-28(31)37)17-29(44-46)22-6-3-5-21(13-22)23-14-24(16-25(15-23)33(48)41-26-7-8-26)32(47)40-9-4-11-45-12-10-38-20-45/h3,5-6,10,12-20,26H,2,4,7-9,11H2,1H3,(H,40,47)(H,41,48)(H2,39,42,43,50). The molecule has 1 aliphatic carbocycles. The zero-order valence-electron chi connectivity index (χ0n) is 27.0. The Balaban J connectivity index is 1.27. The maximum Gasteiger partial charge on any atom is 0.323 e. The van der Waals surface area contributed by atoms with Gasteiger partial charge in [-0.05, 0) is 67.6 Å². The monoisotopic (exact) mass is 713 g/mol. The molecule has 15 heteroatoms. The number of nitrogens with one attached hydrogen (secondary N) is 4. The van der Waals surface area contributed by atoms with E-state index in [4.69, 9.17) is 23.2 Å². The summed E-state index contributed by atoms with van der Waals surface area (Å²) in [6, 6.07) is 13.3. The van der Waals surface area contributed by atoms with Crippen LogP contribution in [0.5, 0.6) is 0 Å². The second-order valence-corrected chi connectivity index (χ2v) is 12.5. The molecular formula is C35H33Cl2N9O4. The van der Waals surface area contributed by atoms with Crippen molar-refractivity contribution in [1.82, 2.24) is 34.9 Å². The number of hydrogen-bond acceptors (Lipinski definition) is 7. The Morgan fingerprint density at radius 3 is 2.34 bits per heavy atom. The van der Waals surface area contributed by atoms with Gasteiger partial charge in [-0.2, -0.15) is 5.10 Å². The van der Waals surface area contributed by atoms with Gasteiger partial charge in [0.1, 0.15) is 5.69 Å². The molecule has 0 radical (unpaired) electrons. The molecule has 3 aromatic heterocycles. The molecule has 0 atom stereocenters. The van der Waals surface area contributed by atoms with Gasteiger partial charge >= 0.3 is 6.03 Å². The van der Waals surface area contributed by atoms with Gasteiger partial charge in [-0.25, -0.2) is 14.5 Å². The van der Waals surface area contributed by atoms with Gasteiger partial charge in [0.05, 0.1) is 27.8 Å². The Morgan fingerprint density at radius 2 is 1.64 bits per heavy atom. The first-order chi connectivity index (χ1) is 24.2. The Bertz CT molecular complexity index is 2090. The van der Waals surface area contributed by atoms with Gasteiger partial charge in [0, 0.05) is 67.2 Å². The van der Waals surface area contributed by atoms with E-state index in [1.807, 2.05) is 35.0 Å². The number of aromatic nitrogens is 5. The van der Waals surface area contributed by atoms with Gasteiger partial charge in [-0.1, -0.05) is 41.4 Å². The van der Waals surface area contributed by atoms with Crippen molar-refractivity contribution in [2.45, 2.75) is 45.3 Å². The van der Waals surface area contributed by atoms with Crippen LogP contribution in [-0.4, -0.2) is 54.7 Å². The largest absolute Gasteiger partial charge is 0.352 e. The number of anilines is 2. The fraction of sp³-hybridized carbons (Fsp3) is 0.229. The molecule has 4 N–H and O–H groups in total. The number of aryl methyl sites for hydroxylation is 2. The normalized spacial score (nSPS) is 12.3. The maximum absolute atomic E-state index is 13.3. The lowest BCUT2D eigenvalue weighted by atomic mass is 9.97. The average Bonchev–Trinajstić information content (AvgIpc) is 3.78. The van der Waals surface area contributed by atoms with Crippen LogP contribution in [0, 0.1) is 0 Å². The topological polar surface area (TPSA) is 165 Å². The quantitative estimate of drug-likeness (QED) is 0.118. The van der Waals surface area contributed by atoms with E-state index >= 15 is 0 Å². The van der Waals surface area contributed by atoms with Crippen molar-refractivity contribution < 1.29 is 14.4 Å². The first kappa shape index (κ1) is 34.3. The number of rotatable bonds is 12. The van der Waals surface area contributed by atoms with Gasteiger partial charge < -0.3 is 25.8 Å². The molecule has 3 heterocycles. The SMILES string of the molecule is CCn1nc(-c2cccc(-c3cc(C(=O)NCCCn4ccnc4)cc(C(=O)NC4CC4)c3)c2)cc(NC(=O)Nc2c(Cl)cncc2Cl)c1=O. The number of carbonyl (C=O) groups is 3. The summed E-state index contributed by atoms with van der Waals surface area (Å²) >= 11 is 12.3. The summed E-state index contributed by atoms with van der Waals surface area (Å²) < 4.78 is 3.17. The van der Waals surface area contributed by atoms with E-state index in [-0.39, 0.29) is 45.8 Å². The molecule has 1 aliphatic rings. The number of imidazole rings is 1. The summed E-state index contributed by atoms with van der Waals surface area (Å²) in [6.45, 7) is 3.15. The number of amides is 4. The molecule has 0 bridgehead atoms. The zero-order valence-corrected chi connectivity index (χ0v) is 28.5. The predicted octanol–water partition coefficient (Wildman–Crippen LogP) is 5.85. The summed E-state index contributed by atoms with van der Waals surface area (Å²) in [5.41, 5.74) is 2.72. The maximum atomic E-state index is 13.3. The molecule has 0 saturated heterocycles. The van der Waals surface area contributed by atoms with Crippen LogP contribution in [0.1, 0.15) is 46.9 Å². The van der Waals surface area contributed by atoms with Gasteiger partial charge in [-0.3, -0.25) is 19.4 Å². The minimum atomic E-state index is -0.737. The molecule has 6 rings (SSSR count). The van der Waals surface area contributed by atoms with E-state index in [1.165, 1.54) is 23.1 Å². The summed E-state index contributed by atoms with van der Waals surface area (Å²) in [5.74, 6) is -0.547. The number of carbonyl (C=O) groups excluding carboxylic acids is 3. The number of hydrogen-bond donors (Lipinski definition) is 4. The molecule has 4 amide bonds. The van der Waals surface area contributed by atoms with E-state index in [0.717, 1.165) is 12.8 Å². The van der Waals surface area contributed by atoms with Crippen LogP contribution in [0.2, 0.25) is 10.0 Å². The van der Waals surface area contributed by atoms with Crippen molar-refractivity contribution in [3.05, 3.63) is 111 Å². The smallest absolute Gasteiger partial charge is 0.323 e. The fourth-order valence-corrected chi connectivity index (χ4v) is 5.64. The third kappa shape index (κ3) is 8.36. The first-order valence-electron chi connectivity index (χ1n) is 16.0. The van der Waals surface area contributed by atoms with E-state index in [2.05, 4.69) is 36.3 Å². The number of halogens is 2. The van der Waals surface area contributed by atoms with Crippen LogP contribution < -0.4 is 26.8 Å². The second kappa shape index (κ2) is 15.3. The molecule has 13 nitrogen and oxygen atoms in total. The van der Waals surface area contributed by atoms with Gasteiger partial charge in [0.15, 0.2) is 0 Å². The minimum Gasteiger partial charge on any atom is -0.352 e. The van der Waals surface area contributed by atoms with E-state index < -0.39 is 11.6 Å². The molecule has 256 valence electrons. The number of nitrogens with zero attached hydrogens (tertiary/aromatic N) is 5. The predicted molar refractivity (Wildman–Crippen MR) is 192 cm³/mol. The zero-order chi connectivity index (χ0) is 35.2. The van der Waals surface area contributed by atoms with Crippen molar-refractivity contribution in [3.63, 3.8) is 0 Å². The summed E-state index contributed by atoms with van der Waals surface area (Å²) in [7, 11) is 0. The molecular weight excluding hydrogens is 681 g/mol. The van der Waals surface area contributed by atoms with Crippen molar-refractivity contribution in [2.24, 2.45) is 0 Å². The number of benzene rings is 2. The molecule has 0 spiro atoms. The van der Waals surface area contributed by atoms with Crippen molar-refractivity contribution in [2.75, 3.05) is 17.2 Å². The Labute approximate surface area is 297 Å². The highest BCUT2D eigenvalue weighted by molar-refractivity contribution is 6.39. The summed E-state index contributed by atoms with van der Waals surface area (Å²) in [4.78, 5) is 60.4. The van der Waals surface area contributed by atoms with E-state index in [9.17, 15) is 19.2 Å². The lowest BCUT2D eigenvalue weighted by Gasteiger charge is -2.14. The minimum absolute atomic E-state index is 0.0215. The third-order valence-corrected chi connectivity index (χ3v) is 8.49. The Hall–Kier alpha value is -5.53. The lowest BCUT2D eigenvalue weighted by molar-refractivity contribution is 0.0950. The van der Waals surface area contributed by atoms with Crippen LogP contribution >= 0.6 is 23.2 Å². The molecule has 1 fully saturated rings. The van der Waals surface area contributed by atoms with Crippen LogP contribution in [0.25, 0.3) is 22.4 Å². The van der Waals surface area contributed by atoms with Crippen LogP contribution in [0.3, 0.4) is 0 Å². The van der Waals surface area contributed by atoms with Crippen LogP contribution in [-0.2, 0) is 13.1 Å². The molecule has 1 saturated carbocycles. The highest BCUT2D eigenvalue weighted by Crippen LogP contribution is 2.30. The lowest BCUT2D eigenvalue weighted by Crippen LogP contribution is -2.29. The van der Waals surface area contributed by atoms with E-state index in [1.54, 1.807) is 37.6 Å². The van der Waals surface area contributed by atoms with Crippen molar-refractivity contribution >= 4 is 52.4 Å². The van der Waals surface area contributed by atoms with Gasteiger partial charge in [0.2, 0.25) is 0 Å². The first-order valence-corrected chi connectivity index (χ1v) is 16.7. The highest BCUT2D eigenvalue weighted by atomic mass is 35.5. The van der Waals surface area contributed by atoms with Crippen LogP contribution in [0.15, 0.2) is 84.4 Å². The number of pyridine rings is 1. The third-order valence-electron chi connectivity index (χ3n) is 7.91. The highest BCUT2D eigenvalue weighted by Gasteiger charge is 2.25. The van der Waals surface area contributed by atoms with E-state index in [0.29, 0.717) is 53.0 Å². The number of urea groups is 1. The second-order valence-electron chi connectivity index (χ2n) is 11.7. The van der Waals surface area contributed by atoms with Crippen molar-refractivity contribution in [3.8, 4) is 22.4 Å². The summed E-state index contributed by atoms with van der Waals surface area (Å²) in [5, 5.41) is 15.9. The molecule has 0 aliphatic heterocycles. The Morgan fingerprint density at radius 1 is 0.900 bits per heavy atom. The molecule has 0 unspecified atom stereocenters. The summed E-state index contributed by atoms with van der Waals surface area (Å²) in [6.07, 6.45) is 10.5. The fourth-order valence-electron chi connectivity index (χ4n) is 5.18. The van der Waals surface area contributed by atoms with Gasteiger partial charge in [-0.15, -0.1) is 0 Å². The van der Waals surface area contributed by atoms with Crippen LogP contribution in [0.4, 0.5) is 16.2 Å². The Kier molecular flexibility index (Phi) is 10.5. The van der Waals surface area contributed by atoms with Gasteiger partial charge in [0.25, 0.3) is 17.4 Å². The molecule has 5 aromatic rings.